The number of carbonyl (C=O) groups is 1. The molecule has 0 aromatic heterocycles. The van der Waals surface area contributed by atoms with E-state index < -0.39 is 6.10 Å². The highest BCUT2D eigenvalue weighted by Gasteiger charge is 2.29. The molecular weight excluding hydrogens is 228 g/mol. The molecule has 0 bridgehead atoms. The Bertz CT molecular complexity index is 341. The summed E-state index contributed by atoms with van der Waals surface area (Å²) in [5, 5.41) is 0. The molecule has 1 amide bonds. The summed E-state index contributed by atoms with van der Waals surface area (Å²) >= 11 is 0. The molecule has 2 aliphatic rings. The Labute approximate surface area is 109 Å². The fourth-order valence-corrected chi connectivity index (χ4v) is 3.02. The second-order valence-electron chi connectivity index (χ2n) is 5.63. The van der Waals surface area contributed by atoms with Gasteiger partial charge < -0.3 is 10.5 Å². The monoisotopic (exact) mass is 252 g/mol. The predicted molar refractivity (Wildman–Crippen MR) is 71.0 cm³/mol. The molecule has 102 valence electrons. The number of ether oxygens (including phenoxy) is 1. The number of morpholine rings is 1. The van der Waals surface area contributed by atoms with Crippen LogP contribution in [0, 0.1) is 11.8 Å². The molecule has 2 rings (SSSR count). The van der Waals surface area contributed by atoms with Crippen LogP contribution in [0.25, 0.3) is 0 Å². The van der Waals surface area contributed by atoms with Gasteiger partial charge in [0.1, 0.15) is 6.10 Å². The molecule has 1 aliphatic heterocycles. The molecule has 0 saturated carbocycles. The van der Waals surface area contributed by atoms with Crippen molar-refractivity contribution in [1.82, 2.24) is 4.90 Å². The molecule has 0 spiro atoms. The summed E-state index contributed by atoms with van der Waals surface area (Å²) in [5.74, 6) is 0.999. The lowest BCUT2D eigenvalue weighted by Gasteiger charge is -2.37. The van der Waals surface area contributed by atoms with Gasteiger partial charge in [-0.2, -0.15) is 0 Å². The maximum Gasteiger partial charge on any atom is 0.247 e. The summed E-state index contributed by atoms with van der Waals surface area (Å²) in [6.45, 7) is 7.74. The third-order valence-corrected chi connectivity index (χ3v) is 4.28. The van der Waals surface area contributed by atoms with Gasteiger partial charge >= 0.3 is 0 Å². The van der Waals surface area contributed by atoms with Crippen LogP contribution in [0.2, 0.25) is 0 Å². The topological polar surface area (TPSA) is 55.6 Å². The Kier molecular flexibility index (Phi) is 4.40. The van der Waals surface area contributed by atoms with Gasteiger partial charge in [0.15, 0.2) is 0 Å². The zero-order valence-corrected chi connectivity index (χ0v) is 11.4. The van der Waals surface area contributed by atoms with Crippen molar-refractivity contribution in [3.63, 3.8) is 0 Å². The molecule has 1 heterocycles. The number of allylic oxidation sites excluding steroid dienone is 1. The third kappa shape index (κ3) is 3.12. The highest BCUT2D eigenvalue weighted by molar-refractivity contribution is 5.79. The molecule has 0 radical (unpaired) electrons. The van der Waals surface area contributed by atoms with Crippen LogP contribution in [0.3, 0.4) is 0 Å². The SMILES string of the molecule is CC1=CCC[C@H](C)[C@@H]1CN1CCO[C@@H](C(N)=O)C1. The van der Waals surface area contributed by atoms with Crippen molar-refractivity contribution in [2.24, 2.45) is 17.6 Å². The Balaban J connectivity index is 1.94. The van der Waals surface area contributed by atoms with Crippen LogP contribution in [0.15, 0.2) is 11.6 Å². The van der Waals surface area contributed by atoms with Crippen molar-refractivity contribution in [3.8, 4) is 0 Å². The third-order valence-electron chi connectivity index (χ3n) is 4.28. The van der Waals surface area contributed by atoms with Crippen LogP contribution >= 0.6 is 0 Å². The number of nitrogens with two attached hydrogens (primary N) is 1. The smallest absolute Gasteiger partial charge is 0.247 e. The van der Waals surface area contributed by atoms with Gasteiger partial charge in [0.2, 0.25) is 5.91 Å². The van der Waals surface area contributed by atoms with Gasteiger partial charge in [-0.05, 0) is 31.6 Å². The molecule has 2 N–H and O–H groups in total. The van der Waals surface area contributed by atoms with E-state index in [1.54, 1.807) is 0 Å². The number of rotatable bonds is 3. The van der Waals surface area contributed by atoms with Gasteiger partial charge in [0.25, 0.3) is 0 Å². The molecule has 4 nitrogen and oxygen atoms in total. The summed E-state index contributed by atoms with van der Waals surface area (Å²) in [4.78, 5) is 13.5. The lowest BCUT2D eigenvalue weighted by molar-refractivity contribution is -0.135. The predicted octanol–water partition coefficient (Wildman–Crippen LogP) is 1.16. The first kappa shape index (κ1) is 13.6. The lowest BCUT2D eigenvalue weighted by Crippen LogP contribution is -2.50. The number of hydrogen-bond acceptors (Lipinski definition) is 3. The lowest BCUT2D eigenvalue weighted by atomic mass is 9.79. The average Bonchev–Trinajstić information content (AvgIpc) is 2.34. The Morgan fingerprint density at radius 1 is 1.61 bits per heavy atom. The van der Waals surface area contributed by atoms with Gasteiger partial charge in [-0.25, -0.2) is 0 Å². The largest absolute Gasteiger partial charge is 0.367 e. The van der Waals surface area contributed by atoms with E-state index in [-0.39, 0.29) is 5.91 Å². The fourth-order valence-electron chi connectivity index (χ4n) is 3.02. The second kappa shape index (κ2) is 5.85. The van der Waals surface area contributed by atoms with Gasteiger partial charge in [0.05, 0.1) is 6.61 Å². The van der Waals surface area contributed by atoms with Crippen LogP contribution < -0.4 is 5.73 Å². The van der Waals surface area contributed by atoms with E-state index in [0.29, 0.717) is 19.1 Å². The summed E-state index contributed by atoms with van der Waals surface area (Å²) < 4.78 is 5.38. The fraction of sp³-hybridized carbons (Fsp3) is 0.786. The molecular formula is C14H24N2O2. The second-order valence-corrected chi connectivity index (χ2v) is 5.63. The van der Waals surface area contributed by atoms with E-state index in [0.717, 1.165) is 19.0 Å². The van der Waals surface area contributed by atoms with Crippen molar-refractivity contribution in [1.29, 1.82) is 0 Å². The first-order valence-corrected chi connectivity index (χ1v) is 6.88. The molecule has 3 atom stereocenters. The number of hydrogen-bond donors (Lipinski definition) is 1. The van der Waals surface area contributed by atoms with E-state index in [9.17, 15) is 4.79 Å². The maximum absolute atomic E-state index is 11.2. The van der Waals surface area contributed by atoms with E-state index in [1.165, 1.54) is 18.4 Å². The van der Waals surface area contributed by atoms with Gasteiger partial charge in [-0.1, -0.05) is 18.6 Å². The number of amides is 1. The van der Waals surface area contributed by atoms with Crippen molar-refractivity contribution < 1.29 is 9.53 Å². The highest BCUT2D eigenvalue weighted by atomic mass is 16.5. The molecule has 18 heavy (non-hydrogen) atoms. The van der Waals surface area contributed by atoms with Crippen LogP contribution in [-0.2, 0) is 9.53 Å². The minimum Gasteiger partial charge on any atom is -0.367 e. The Morgan fingerprint density at radius 2 is 2.39 bits per heavy atom. The average molecular weight is 252 g/mol. The zero-order valence-electron chi connectivity index (χ0n) is 11.4. The van der Waals surface area contributed by atoms with E-state index in [1.807, 2.05) is 0 Å². The molecule has 1 fully saturated rings. The van der Waals surface area contributed by atoms with Crippen LogP contribution in [-0.4, -0.2) is 43.2 Å². The molecule has 1 saturated heterocycles. The highest BCUT2D eigenvalue weighted by Crippen LogP contribution is 2.31. The van der Waals surface area contributed by atoms with Crippen molar-refractivity contribution in [2.45, 2.75) is 32.8 Å². The molecule has 4 heteroatoms. The minimum absolute atomic E-state index is 0.344. The summed E-state index contributed by atoms with van der Waals surface area (Å²) in [7, 11) is 0. The first-order chi connectivity index (χ1) is 8.58. The number of primary amides is 1. The normalized spacial score (nSPS) is 34.1. The molecule has 0 aromatic carbocycles. The van der Waals surface area contributed by atoms with Crippen LogP contribution in [0.5, 0.6) is 0 Å². The van der Waals surface area contributed by atoms with Gasteiger partial charge in [0, 0.05) is 19.6 Å². The summed E-state index contributed by atoms with van der Waals surface area (Å²) in [5.41, 5.74) is 6.81. The molecule has 0 aromatic rings. The van der Waals surface area contributed by atoms with E-state index in [2.05, 4.69) is 24.8 Å². The quantitative estimate of drug-likeness (QED) is 0.767. The summed E-state index contributed by atoms with van der Waals surface area (Å²) in [6, 6.07) is 0. The van der Waals surface area contributed by atoms with Crippen molar-refractivity contribution in [2.75, 3.05) is 26.2 Å². The summed E-state index contributed by atoms with van der Waals surface area (Å²) in [6.07, 6.45) is 4.40. The van der Waals surface area contributed by atoms with Crippen molar-refractivity contribution >= 4 is 5.91 Å². The Hall–Kier alpha value is -0.870. The standard InChI is InChI=1S/C14H24N2O2/c1-10-4-3-5-11(2)12(10)8-16-6-7-18-13(9-16)14(15)17/h4,11-13H,3,5-9H2,1-2H3,(H2,15,17)/t11-,12+,13+/m0/s1. The van der Waals surface area contributed by atoms with Crippen molar-refractivity contribution in [3.05, 3.63) is 11.6 Å². The van der Waals surface area contributed by atoms with Crippen LogP contribution in [0.4, 0.5) is 0 Å². The van der Waals surface area contributed by atoms with E-state index >= 15 is 0 Å². The zero-order chi connectivity index (χ0) is 13.1. The minimum atomic E-state index is -0.429. The molecule has 0 unspecified atom stereocenters. The van der Waals surface area contributed by atoms with Gasteiger partial charge in [-0.3, -0.25) is 9.69 Å². The van der Waals surface area contributed by atoms with Crippen LogP contribution in [0.1, 0.15) is 26.7 Å². The Morgan fingerprint density at radius 3 is 3.06 bits per heavy atom. The molecule has 1 aliphatic carbocycles. The van der Waals surface area contributed by atoms with E-state index in [4.69, 9.17) is 10.5 Å². The number of carbonyl (C=O) groups excluding carboxylic acids is 1. The van der Waals surface area contributed by atoms with Gasteiger partial charge in [-0.15, -0.1) is 0 Å². The number of nitrogens with zero attached hydrogens (tertiary/aromatic N) is 1. The maximum atomic E-state index is 11.2. The first-order valence-electron chi connectivity index (χ1n) is 6.88.